The van der Waals surface area contributed by atoms with Crippen molar-refractivity contribution in [1.82, 2.24) is 14.5 Å². The molecule has 0 aliphatic heterocycles. The van der Waals surface area contributed by atoms with Gasteiger partial charge in [0.15, 0.2) is 0 Å². The van der Waals surface area contributed by atoms with Crippen molar-refractivity contribution >= 4 is 11.0 Å². The number of nitrogens with zero attached hydrogens (tertiary/aromatic N) is 3. The molecule has 0 bridgehead atoms. The van der Waals surface area contributed by atoms with Crippen molar-refractivity contribution in [3.63, 3.8) is 0 Å². The number of hydrogen-bond donors (Lipinski definition) is 0. The Morgan fingerprint density at radius 3 is 2.58 bits per heavy atom. The van der Waals surface area contributed by atoms with Crippen LogP contribution in [0.1, 0.15) is 5.56 Å². The van der Waals surface area contributed by atoms with Crippen LogP contribution in [0, 0.1) is 0 Å². The van der Waals surface area contributed by atoms with E-state index in [1.165, 1.54) is 0 Å². The third kappa shape index (κ3) is 2.63. The number of ether oxygens (including phenoxy) is 1. The average Bonchev–Trinajstić information content (AvgIpc) is 3.01. The van der Waals surface area contributed by atoms with Gasteiger partial charge in [-0.1, -0.05) is 6.07 Å². The maximum Gasteiger partial charge on any atom is 0.140 e. The highest BCUT2D eigenvalue weighted by Crippen LogP contribution is 2.29. The van der Waals surface area contributed by atoms with Crippen LogP contribution in [0.3, 0.4) is 0 Å². The van der Waals surface area contributed by atoms with Crippen LogP contribution in [0.15, 0.2) is 73.2 Å². The Labute approximate surface area is 140 Å². The van der Waals surface area contributed by atoms with Crippen LogP contribution in [0.5, 0.6) is 5.75 Å². The molecule has 4 nitrogen and oxygen atoms in total. The molecule has 0 radical (unpaired) electrons. The molecule has 4 heteroatoms. The fourth-order valence-corrected chi connectivity index (χ4v) is 2.92. The van der Waals surface area contributed by atoms with E-state index < -0.39 is 0 Å². The molecule has 0 aliphatic carbocycles. The van der Waals surface area contributed by atoms with Gasteiger partial charge in [0.2, 0.25) is 0 Å². The number of methoxy groups -OCH3 is 1. The average molecular weight is 315 g/mol. The van der Waals surface area contributed by atoms with E-state index in [0.29, 0.717) is 0 Å². The van der Waals surface area contributed by atoms with Crippen molar-refractivity contribution in [2.75, 3.05) is 7.11 Å². The quantitative estimate of drug-likeness (QED) is 0.568. The maximum absolute atomic E-state index is 5.26. The Bertz CT molecular complexity index is 959. The molecule has 3 heterocycles. The molecule has 24 heavy (non-hydrogen) atoms. The van der Waals surface area contributed by atoms with Gasteiger partial charge in [-0.15, -0.1) is 0 Å². The van der Waals surface area contributed by atoms with Crippen molar-refractivity contribution in [1.29, 1.82) is 0 Å². The lowest BCUT2D eigenvalue weighted by atomic mass is 10.1. The van der Waals surface area contributed by atoms with Gasteiger partial charge < -0.3 is 9.30 Å². The number of benzene rings is 1. The first-order valence-electron chi connectivity index (χ1n) is 7.83. The predicted octanol–water partition coefficient (Wildman–Crippen LogP) is 4.16. The Morgan fingerprint density at radius 1 is 1.00 bits per heavy atom. The summed E-state index contributed by atoms with van der Waals surface area (Å²) in [5.41, 5.74) is 4.40. The molecule has 0 spiro atoms. The molecule has 0 atom stereocenters. The lowest BCUT2D eigenvalue weighted by Gasteiger charge is -2.11. The first-order valence-corrected chi connectivity index (χ1v) is 7.83. The van der Waals surface area contributed by atoms with Crippen LogP contribution in [-0.2, 0) is 6.54 Å². The van der Waals surface area contributed by atoms with Crippen LogP contribution in [0.25, 0.3) is 22.3 Å². The minimum absolute atomic E-state index is 0.732. The topological polar surface area (TPSA) is 39.9 Å². The monoisotopic (exact) mass is 315 g/mol. The van der Waals surface area contributed by atoms with Crippen LogP contribution < -0.4 is 4.74 Å². The molecule has 0 saturated heterocycles. The van der Waals surface area contributed by atoms with E-state index in [0.717, 1.165) is 40.1 Å². The fourth-order valence-electron chi connectivity index (χ4n) is 2.92. The van der Waals surface area contributed by atoms with Gasteiger partial charge in [-0.05, 0) is 59.7 Å². The Morgan fingerprint density at radius 2 is 1.83 bits per heavy atom. The summed E-state index contributed by atoms with van der Waals surface area (Å²) in [7, 11) is 1.68. The van der Waals surface area contributed by atoms with Gasteiger partial charge in [-0.3, -0.25) is 4.98 Å². The fraction of sp³-hybridized carbons (Fsp3) is 0.100. The molecule has 0 N–H and O–H groups in total. The lowest BCUT2D eigenvalue weighted by molar-refractivity contribution is 0.415. The van der Waals surface area contributed by atoms with Gasteiger partial charge in [0.25, 0.3) is 0 Å². The van der Waals surface area contributed by atoms with Crippen LogP contribution in [0.4, 0.5) is 0 Å². The highest BCUT2D eigenvalue weighted by Gasteiger charge is 2.12. The van der Waals surface area contributed by atoms with Crippen molar-refractivity contribution in [3.8, 4) is 17.0 Å². The van der Waals surface area contributed by atoms with Gasteiger partial charge in [-0.2, -0.15) is 0 Å². The number of rotatable bonds is 4. The number of hydrogen-bond acceptors (Lipinski definition) is 3. The molecule has 0 unspecified atom stereocenters. The van der Waals surface area contributed by atoms with E-state index in [1.807, 2.05) is 36.7 Å². The second-order valence-electron chi connectivity index (χ2n) is 5.62. The van der Waals surface area contributed by atoms with Crippen LogP contribution in [-0.4, -0.2) is 21.6 Å². The first kappa shape index (κ1) is 14.5. The SMILES string of the molecule is COc1ccc(-c2cc3cccnc3n2Cc2cccnc2)cc1. The third-order valence-corrected chi connectivity index (χ3v) is 4.10. The van der Waals surface area contributed by atoms with E-state index >= 15 is 0 Å². The summed E-state index contributed by atoms with van der Waals surface area (Å²) in [4.78, 5) is 8.80. The summed E-state index contributed by atoms with van der Waals surface area (Å²) in [6, 6.07) is 18.4. The molecule has 4 aromatic rings. The third-order valence-electron chi connectivity index (χ3n) is 4.10. The molecule has 0 fully saturated rings. The lowest BCUT2D eigenvalue weighted by Crippen LogP contribution is -2.03. The van der Waals surface area contributed by atoms with Gasteiger partial charge >= 0.3 is 0 Å². The Kier molecular flexibility index (Phi) is 3.71. The number of fused-ring (bicyclic) bond motifs is 1. The maximum atomic E-state index is 5.26. The molecule has 0 amide bonds. The zero-order valence-electron chi connectivity index (χ0n) is 13.4. The normalized spacial score (nSPS) is 10.9. The summed E-state index contributed by atoms with van der Waals surface area (Å²) in [6.07, 6.45) is 5.52. The number of pyridine rings is 2. The van der Waals surface area contributed by atoms with Gasteiger partial charge in [-0.25, -0.2) is 4.98 Å². The van der Waals surface area contributed by atoms with Gasteiger partial charge in [0, 0.05) is 24.0 Å². The molecular weight excluding hydrogens is 298 g/mol. The second-order valence-corrected chi connectivity index (χ2v) is 5.62. The van der Waals surface area contributed by atoms with E-state index in [1.54, 1.807) is 13.3 Å². The Balaban J connectivity index is 1.85. The second kappa shape index (κ2) is 6.16. The smallest absolute Gasteiger partial charge is 0.140 e. The van der Waals surface area contributed by atoms with Crippen molar-refractivity contribution in [2.45, 2.75) is 6.54 Å². The van der Waals surface area contributed by atoms with E-state index in [-0.39, 0.29) is 0 Å². The standard InChI is InChI=1S/C20H17N3O/c1-24-18-8-6-16(7-9-18)19-12-17-5-3-11-22-20(17)23(19)14-15-4-2-10-21-13-15/h2-13H,14H2,1H3. The van der Waals surface area contributed by atoms with Gasteiger partial charge in [0.05, 0.1) is 19.3 Å². The van der Waals surface area contributed by atoms with Crippen molar-refractivity contribution < 1.29 is 4.74 Å². The van der Waals surface area contributed by atoms with E-state index in [9.17, 15) is 0 Å². The molecule has 4 rings (SSSR count). The summed E-state index contributed by atoms with van der Waals surface area (Å²) >= 11 is 0. The zero-order chi connectivity index (χ0) is 16.4. The predicted molar refractivity (Wildman–Crippen MR) is 95.1 cm³/mol. The summed E-state index contributed by atoms with van der Waals surface area (Å²) in [5, 5.41) is 1.13. The largest absolute Gasteiger partial charge is 0.497 e. The molecule has 118 valence electrons. The highest BCUT2D eigenvalue weighted by atomic mass is 16.5. The van der Waals surface area contributed by atoms with Crippen molar-refractivity contribution in [3.05, 3.63) is 78.8 Å². The van der Waals surface area contributed by atoms with Crippen LogP contribution >= 0.6 is 0 Å². The molecule has 1 aromatic carbocycles. The molecule has 3 aromatic heterocycles. The minimum Gasteiger partial charge on any atom is -0.497 e. The summed E-state index contributed by atoms with van der Waals surface area (Å²) in [5.74, 6) is 0.854. The Hall–Kier alpha value is -3.14. The van der Waals surface area contributed by atoms with E-state index in [4.69, 9.17) is 4.74 Å². The van der Waals surface area contributed by atoms with Crippen LogP contribution in [0.2, 0.25) is 0 Å². The zero-order valence-corrected chi connectivity index (χ0v) is 13.4. The highest BCUT2D eigenvalue weighted by molar-refractivity contribution is 5.84. The molecule has 0 aliphatic rings. The number of aromatic nitrogens is 3. The van der Waals surface area contributed by atoms with E-state index in [2.05, 4.69) is 44.9 Å². The first-order chi connectivity index (χ1) is 11.8. The summed E-state index contributed by atoms with van der Waals surface area (Å²) < 4.78 is 7.49. The molecule has 0 saturated carbocycles. The summed E-state index contributed by atoms with van der Waals surface area (Å²) in [6.45, 7) is 0.732. The van der Waals surface area contributed by atoms with Crippen molar-refractivity contribution in [2.24, 2.45) is 0 Å². The molecular formula is C20H17N3O. The minimum atomic E-state index is 0.732. The van der Waals surface area contributed by atoms with Gasteiger partial charge in [0.1, 0.15) is 11.4 Å².